The van der Waals surface area contributed by atoms with Gasteiger partial charge in [0.1, 0.15) is 12.4 Å². The summed E-state index contributed by atoms with van der Waals surface area (Å²) >= 11 is -1.05. The molecule has 0 bridgehead atoms. The van der Waals surface area contributed by atoms with Gasteiger partial charge in [-0.25, -0.2) is 14.5 Å². The molecule has 1 saturated carbocycles. The molecule has 41 heavy (non-hydrogen) atoms. The van der Waals surface area contributed by atoms with Crippen LogP contribution >= 0.6 is 11.3 Å². The third-order valence-electron chi connectivity index (χ3n) is 7.01. The van der Waals surface area contributed by atoms with E-state index in [4.69, 9.17) is 9.84 Å². The smallest absolute Gasteiger partial charge is 0.355 e. The van der Waals surface area contributed by atoms with Gasteiger partial charge in [-0.3, -0.25) is 4.21 Å². The van der Waals surface area contributed by atoms with Crippen LogP contribution in [0.15, 0.2) is 89.1 Å². The summed E-state index contributed by atoms with van der Waals surface area (Å²) in [5, 5.41) is 16.5. The molecule has 0 saturated heterocycles. The molecule has 1 fully saturated rings. The number of aromatic nitrogens is 3. The van der Waals surface area contributed by atoms with Crippen molar-refractivity contribution in [2.75, 3.05) is 0 Å². The molecule has 6 rings (SSSR count). The van der Waals surface area contributed by atoms with E-state index in [2.05, 4.69) is 4.98 Å². The zero-order valence-electron chi connectivity index (χ0n) is 21.9. The Balaban J connectivity index is 1.43. The van der Waals surface area contributed by atoms with E-state index in [0.717, 1.165) is 52.9 Å². The molecule has 0 spiro atoms. The molecule has 8 nitrogen and oxygen atoms in total. The van der Waals surface area contributed by atoms with Crippen molar-refractivity contribution in [2.45, 2.75) is 37.2 Å². The van der Waals surface area contributed by atoms with E-state index < -0.39 is 17.0 Å². The van der Waals surface area contributed by atoms with Crippen molar-refractivity contribution in [3.8, 4) is 22.1 Å². The summed E-state index contributed by atoms with van der Waals surface area (Å²) in [6.07, 6.45) is 3.57. The summed E-state index contributed by atoms with van der Waals surface area (Å²) in [5.74, 6) is 0.157. The Morgan fingerprint density at radius 3 is 2.51 bits per heavy atom. The fourth-order valence-electron chi connectivity index (χ4n) is 4.72. The number of benzene rings is 3. The van der Waals surface area contributed by atoms with Gasteiger partial charge in [-0.2, -0.15) is 5.10 Å². The lowest BCUT2D eigenvalue weighted by Crippen LogP contribution is -2.06. The van der Waals surface area contributed by atoms with Gasteiger partial charge >= 0.3 is 5.97 Å². The second kappa shape index (κ2) is 11.8. The Morgan fingerprint density at radius 2 is 1.83 bits per heavy atom. The van der Waals surface area contributed by atoms with Crippen molar-refractivity contribution < 1.29 is 23.4 Å². The standard InChI is InChI=1S/C31H27N3O5S2/c35-30(36)27-19-40-31(32-27)34-28(16-21-9-10-21)26(15-20-11-13-25(14-12-20)41(37)38)29(33-34)23-7-4-8-24(17-23)39-18-22-5-2-1-3-6-22/h1-8,11-14,17,19,21H,9-10,15-16,18H2,(H,35,36)(H,37,38)/p-1. The van der Waals surface area contributed by atoms with E-state index in [1.54, 1.807) is 16.8 Å². The van der Waals surface area contributed by atoms with Crippen LogP contribution in [0.3, 0.4) is 0 Å². The molecule has 3 aromatic carbocycles. The van der Waals surface area contributed by atoms with Gasteiger partial charge in [-0.1, -0.05) is 54.6 Å². The van der Waals surface area contributed by atoms with Crippen molar-refractivity contribution in [1.82, 2.24) is 14.8 Å². The molecule has 5 aromatic rings. The normalized spacial score (nSPS) is 13.7. The Hall–Kier alpha value is -4.12. The minimum Gasteiger partial charge on any atom is -0.768 e. The molecule has 1 aliphatic carbocycles. The van der Waals surface area contributed by atoms with E-state index in [9.17, 15) is 18.7 Å². The third kappa shape index (κ3) is 6.30. The predicted molar refractivity (Wildman–Crippen MR) is 155 cm³/mol. The Bertz CT molecular complexity index is 1710. The largest absolute Gasteiger partial charge is 0.768 e. The van der Waals surface area contributed by atoms with Crippen LogP contribution in [0.1, 0.15) is 45.7 Å². The topological polar surface area (TPSA) is 117 Å². The van der Waals surface area contributed by atoms with E-state index >= 15 is 0 Å². The number of aromatic carboxylic acids is 1. The minimum atomic E-state index is -2.30. The molecule has 1 unspecified atom stereocenters. The minimum absolute atomic E-state index is 0.0153. The number of carboxylic acid groups (broad SMARTS) is 1. The van der Waals surface area contributed by atoms with Crippen LogP contribution in [-0.2, 0) is 30.5 Å². The fraction of sp³-hybridized carbons (Fsp3) is 0.194. The van der Waals surface area contributed by atoms with Crippen LogP contribution in [0.5, 0.6) is 5.75 Å². The van der Waals surface area contributed by atoms with Crippen molar-refractivity contribution in [2.24, 2.45) is 5.92 Å². The second-order valence-electron chi connectivity index (χ2n) is 10.0. The fourth-order valence-corrected chi connectivity index (χ4v) is 5.85. The predicted octanol–water partition coefficient (Wildman–Crippen LogP) is 6.05. The number of carboxylic acids is 1. The van der Waals surface area contributed by atoms with Crippen LogP contribution in [0.2, 0.25) is 0 Å². The van der Waals surface area contributed by atoms with Crippen LogP contribution in [0.25, 0.3) is 16.4 Å². The van der Waals surface area contributed by atoms with Crippen LogP contribution in [-0.4, -0.2) is 34.6 Å². The number of thiazole rings is 1. The lowest BCUT2D eigenvalue weighted by atomic mass is 9.97. The molecule has 0 aliphatic heterocycles. The van der Waals surface area contributed by atoms with Gasteiger partial charge < -0.3 is 14.4 Å². The van der Waals surface area contributed by atoms with E-state index in [1.165, 1.54) is 16.7 Å². The maximum atomic E-state index is 11.6. The summed E-state index contributed by atoms with van der Waals surface area (Å²) in [6.45, 7) is 0.434. The SMILES string of the molecule is O=C(O)c1csc(-n2nc(-c3cccc(OCc4ccccc4)c3)c(Cc3ccc(S(=O)[O-])cc3)c2CC2CC2)n1. The van der Waals surface area contributed by atoms with Crippen molar-refractivity contribution in [3.05, 3.63) is 112 Å². The first kappa shape index (κ1) is 27.1. The van der Waals surface area contributed by atoms with E-state index in [0.29, 0.717) is 29.8 Å². The van der Waals surface area contributed by atoms with Crippen molar-refractivity contribution in [3.63, 3.8) is 0 Å². The number of hydrogen-bond acceptors (Lipinski definition) is 7. The molecular weight excluding hydrogens is 558 g/mol. The highest BCUT2D eigenvalue weighted by Gasteiger charge is 2.29. The zero-order chi connectivity index (χ0) is 28.3. The average molecular weight is 585 g/mol. The van der Waals surface area contributed by atoms with Crippen LogP contribution < -0.4 is 4.74 Å². The average Bonchev–Trinajstić information content (AvgIpc) is 3.54. The lowest BCUT2D eigenvalue weighted by molar-refractivity contribution is 0.0691. The number of ether oxygens (including phenoxy) is 1. The summed E-state index contributed by atoms with van der Waals surface area (Å²) in [5.41, 5.74) is 5.61. The molecule has 208 valence electrons. The molecule has 2 aromatic heterocycles. The molecular formula is C31H26N3O5S2-. The first-order valence-electron chi connectivity index (χ1n) is 13.2. The zero-order valence-corrected chi connectivity index (χ0v) is 23.6. The highest BCUT2D eigenvalue weighted by atomic mass is 32.2. The van der Waals surface area contributed by atoms with Gasteiger partial charge in [-0.05, 0) is 71.7 Å². The summed E-state index contributed by atoms with van der Waals surface area (Å²) in [6, 6.07) is 24.6. The van der Waals surface area contributed by atoms with E-state index in [1.807, 2.05) is 66.7 Å². The van der Waals surface area contributed by atoms with Gasteiger partial charge in [0.25, 0.3) is 0 Å². The number of rotatable bonds is 11. The van der Waals surface area contributed by atoms with Gasteiger partial charge in [-0.15, -0.1) is 11.3 Å². The van der Waals surface area contributed by atoms with Gasteiger partial charge in [0.2, 0.25) is 5.13 Å². The third-order valence-corrected chi connectivity index (χ3v) is 8.49. The molecule has 0 amide bonds. The summed E-state index contributed by atoms with van der Waals surface area (Å²) < 4.78 is 30.7. The molecule has 1 atom stereocenters. The number of nitrogens with zero attached hydrogens (tertiary/aromatic N) is 3. The van der Waals surface area contributed by atoms with Crippen molar-refractivity contribution in [1.29, 1.82) is 0 Å². The second-order valence-corrected chi connectivity index (χ2v) is 11.8. The maximum Gasteiger partial charge on any atom is 0.355 e. The highest BCUT2D eigenvalue weighted by Crippen LogP contribution is 2.38. The summed E-state index contributed by atoms with van der Waals surface area (Å²) in [4.78, 5) is 16.2. The molecule has 1 N–H and O–H groups in total. The van der Waals surface area contributed by atoms with Crippen LogP contribution in [0, 0.1) is 5.92 Å². The maximum absolute atomic E-state index is 11.6. The Kier molecular flexibility index (Phi) is 7.78. The lowest BCUT2D eigenvalue weighted by Gasteiger charge is -2.11. The quantitative estimate of drug-likeness (QED) is 0.188. The Morgan fingerprint density at radius 1 is 1.05 bits per heavy atom. The molecule has 0 radical (unpaired) electrons. The molecule has 1 aliphatic rings. The van der Waals surface area contributed by atoms with Gasteiger partial charge in [0, 0.05) is 27.8 Å². The first-order chi connectivity index (χ1) is 19.9. The van der Waals surface area contributed by atoms with E-state index in [-0.39, 0.29) is 10.6 Å². The number of hydrogen-bond donors (Lipinski definition) is 1. The highest BCUT2D eigenvalue weighted by molar-refractivity contribution is 7.79. The van der Waals surface area contributed by atoms with Crippen molar-refractivity contribution >= 4 is 28.4 Å². The summed E-state index contributed by atoms with van der Waals surface area (Å²) in [7, 11) is 0. The Labute approximate surface area is 243 Å². The molecule has 10 heteroatoms. The molecule has 2 heterocycles. The van der Waals surface area contributed by atoms with Gasteiger partial charge in [0.15, 0.2) is 5.69 Å². The van der Waals surface area contributed by atoms with Crippen LogP contribution in [0.4, 0.5) is 0 Å². The monoisotopic (exact) mass is 584 g/mol. The van der Waals surface area contributed by atoms with Gasteiger partial charge in [0.05, 0.1) is 11.4 Å². The number of carbonyl (C=O) groups is 1. The first-order valence-corrected chi connectivity index (χ1v) is 15.2.